The van der Waals surface area contributed by atoms with E-state index in [4.69, 9.17) is 9.57 Å². The number of rotatable bonds is 6. The van der Waals surface area contributed by atoms with Crippen molar-refractivity contribution in [1.29, 1.82) is 0 Å². The van der Waals surface area contributed by atoms with Gasteiger partial charge in [0.2, 0.25) is 0 Å². The van der Waals surface area contributed by atoms with Gasteiger partial charge in [-0.25, -0.2) is 4.79 Å². The lowest BCUT2D eigenvalue weighted by Crippen LogP contribution is -2.02. The molecule has 29 heavy (non-hydrogen) atoms. The number of benzene rings is 4. The molecule has 142 valence electrons. The number of oxime groups is 1. The molecule has 0 spiro atoms. The number of hydrogen-bond acceptors (Lipinski definition) is 4. The predicted molar refractivity (Wildman–Crippen MR) is 114 cm³/mol. The number of nitrogens with zero attached hydrogens (tertiary/aromatic N) is 1. The van der Waals surface area contributed by atoms with Gasteiger partial charge >= 0.3 is 5.97 Å². The van der Waals surface area contributed by atoms with Crippen LogP contribution in [0.25, 0.3) is 10.8 Å². The van der Waals surface area contributed by atoms with Gasteiger partial charge in [0, 0.05) is 5.56 Å². The van der Waals surface area contributed by atoms with Crippen molar-refractivity contribution < 1.29 is 14.4 Å². The van der Waals surface area contributed by atoms with Crippen LogP contribution in [0.5, 0.6) is 5.75 Å². The molecule has 4 rings (SSSR count). The monoisotopic (exact) mass is 381 g/mol. The van der Waals surface area contributed by atoms with Crippen molar-refractivity contribution in [3.8, 4) is 5.75 Å². The molecule has 0 aliphatic rings. The van der Waals surface area contributed by atoms with Crippen LogP contribution >= 0.6 is 0 Å². The highest BCUT2D eigenvalue weighted by atomic mass is 16.7. The Hall–Kier alpha value is -3.92. The van der Waals surface area contributed by atoms with Gasteiger partial charge in [0.1, 0.15) is 12.4 Å². The van der Waals surface area contributed by atoms with E-state index in [1.165, 1.54) is 6.21 Å². The number of carbonyl (C=O) groups excluding carboxylic acids is 1. The lowest BCUT2D eigenvalue weighted by atomic mass is 10.0. The Balaban J connectivity index is 1.59. The van der Waals surface area contributed by atoms with E-state index in [1.54, 1.807) is 24.3 Å². The second kappa shape index (κ2) is 8.85. The van der Waals surface area contributed by atoms with Gasteiger partial charge in [0.15, 0.2) is 0 Å². The first kappa shape index (κ1) is 18.4. The number of fused-ring (bicyclic) bond motifs is 1. The topological polar surface area (TPSA) is 47.9 Å². The maximum Gasteiger partial charge on any atom is 0.365 e. The molecule has 0 aliphatic heterocycles. The van der Waals surface area contributed by atoms with Crippen molar-refractivity contribution in [1.82, 2.24) is 0 Å². The van der Waals surface area contributed by atoms with Crippen LogP contribution in [-0.4, -0.2) is 12.2 Å². The summed E-state index contributed by atoms with van der Waals surface area (Å²) in [5.74, 6) is 0.168. The third-order valence-electron chi connectivity index (χ3n) is 4.49. The highest BCUT2D eigenvalue weighted by Crippen LogP contribution is 2.27. The summed E-state index contributed by atoms with van der Waals surface area (Å²) in [5.41, 5.74) is 2.28. The van der Waals surface area contributed by atoms with E-state index in [1.807, 2.05) is 72.8 Å². The summed E-state index contributed by atoms with van der Waals surface area (Å²) in [6, 6.07) is 30.6. The van der Waals surface area contributed by atoms with Gasteiger partial charge in [-0.3, -0.25) is 0 Å². The Labute approximate surface area is 169 Å². The fourth-order valence-electron chi connectivity index (χ4n) is 3.02. The molecular formula is C25H19NO3. The van der Waals surface area contributed by atoms with Crippen molar-refractivity contribution in [3.05, 3.63) is 114 Å². The zero-order valence-electron chi connectivity index (χ0n) is 15.7. The van der Waals surface area contributed by atoms with Gasteiger partial charge in [-0.1, -0.05) is 84.0 Å². The Bertz CT molecular complexity index is 1140. The summed E-state index contributed by atoms with van der Waals surface area (Å²) in [4.78, 5) is 17.2. The third kappa shape index (κ3) is 4.50. The normalized spacial score (nSPS) is 10.9. The highest BCUT2D eigenvalue weighted by molar-refractivity contribution is 6.02. The zero-order valence-corrected chi connectivity index (χ0v) is 15.7. The molecule has 0 aliphatic carbocycles. The lowest BCUT2D eigenvalue weighted by Gasteiger charge is -2.11. The van der Waals surface area contributed by atoms with Crippen molar-refractivity contribution >= 4 is 23.0 Å². The molecule has 4 nitrogen and oxygen atoms in total. The molecule has 0 saturated carbocycles. The van der Waals surface area contributed by atoms with E-state index in [0.29, 0.717) is 17.9 Å². The van der Waals surface area contributed by atoms with E-state index in [9.17, 15) is 4.79 Å². The van der Waals surface area contributed by atoms with Crippen LogP contribution in [-0.2, 0) is 11.4 Å². The molecule has 4 heteroatoms. The van der Waals surface area contributed by atoms with Crippen LogP contribution in [0.2, 0.25) is 0 Å². The van der Waals surface area contributed by atoms with E-state index in [-0.39, 0.29) is 0 Å². The minimum Gasteiger partial charge on any atom is -0.488 e. The molecule has 0 unspecified atom stereocenters. The van der Waals surface area contributed by atoms with Crippen molar-refractivity contribution in [2.45, 2.75) is 6.61 Å². The van der Waals surface area contributed by atoms with Crippen molar-refractivity contribution in [2.75, 3.05) is 0 Å². The van der Waals surface area contributed by atoms with Gasteiger partial charge in [0.25, 0.3) is 0 Å². The van der Waals surface area contributed by atoms with E-state index >= 15 is 0 Å². The third-order valence-corrected chi connectivity index (χ3v) is 4.49. The fourth-order valence-corrected chi connectivity index (χ4v) is 3.02. The zero-order chi connectivity index (χ0) is 19.9. The summed E-state index contributed by atoms with van der Waals surface area (Å²) in [5, 5.41) is 5.95. The average Bonchev–Trinajstić information content (AvgIpc) is 2.79. The first-order valence-electron chi connectivity index (χ1n) is 9.29. The Morgan fingerprint density at radius 3 is 2.28 bits per heavy atom. The molecule has 0 aromatic heterocycles. The molecule has 0 bridgehead atoms. The molecule has 0 heterocycles. The standard InChI is InChI=1S/C25H19NO3/c27-25(21-12-5-2-6-13-21)29-26-17-23-22-14-8-7-11-20(22)15-16-24(23)28-18-19-9-3-1-4-10-19/h1-17H,18H2/b26-17+. The minimum atomic E-state index is -0.506. The largest absolute Gasteiger partial charge is 0.488 e. The fraction of sp³-hybridized carbons (Fsp3) is 0.0400. The van der Waals surface area contributed by atoms with E-state index < -0.39 is 5.97 Å². The summed E-state index contributed by atoms with van der Waals surface area (Å²) in [6.45, 7) is 0.434. The summed E-state index contributed by atoms with van der Waals surface area (Å²) in [7, 11) is 0. The van der Waals surface area contributed by atoms with Crippen LogP contribution in [0.4, 0.5) is 0 Å². The maximum absolute atomic E-state index is 12.1. The molecule has 4 aromatic carbocycles. The second-order valence-corrected chi connectivity index (χ2v) is 6.45. The molecule has 0 saturated heterocycles. The Kier molecular flexibility index (Phi) is 5.63. The molecular weight excluding hydrogens is 362 g/mol. The molecule has 0 radical (unpaired) electrons. The molecule has 0 N–H and O–H groups in total. The number of hydrogen-bond donors (Lipinski definition) is 0. The number of carbonyl (C=O) groups is 1. The number of ether oxygens (including phenoxy) is 1. The van der Waals surface area contributed by atoms with Gasteiger partial charge in [-0.05, 0) is 34.5 Å². The van der Waals surface area contributed by atoms with E-state index in [2.05, 4.69) is 5.16 Å². The Morgan fingerprint density at radius 2 is 1.48 bits per heavy atom. The van der Waals surface area contributed by atoms with Crippen molar-refractivity contribution in [2.24, 2.45) is 5.16 Å². The molecule has 0 atom stereocenters. The summed E-state index contributed by atoms with van der Waals surface area (Å²) < 4.78 is 6.04. The minimum absolute atomic E-state index is 0.434. The van der Waals surface area contributed by atoms with Gasteiger partial charge in [-0.2, -0.15) is 0 Å². The van der Waals surface area contributed by atoms with Gasteiger partial charge in [-0.15, -0.1) is 0 Å². The second-order valence-electron chi connectivity index (χ2n) is 6.45. The smallest absolute Gasteiger partial charge is 0.365 e. The quantitative estimate of drug-likeness (QED) is 0.248. The van der Waals surface area contributed by atoms with Crippen molar-refractivity contribution in [3.63, 3.8) is 0 Å². The van der Waals surface area contributed by atoms with Crippen LogP contribution in [0.3, 0.4) is 0 Å². The lowest BCUT2D eigenvalue weighted by molar-refractivity contribution is 0.0519. The summed E-state index contributed by atoms with van der Waals surface area (Å²) in [6.07, 6.45) is 1.53. The first-order valence-corrected chi connectivity index (χ1v) is 9.29. The summed E-state index contributed by atoms with van der Waals surface area (Å²) >= 11 is 0. The maximum atomic E-state index is 12.1. The Morgan fingerprint density at radius 1 is 0.793 bits per heavy atom. The average molecular weight is 381 g/mol. The van der Waals surface area contributed by atoms with Crippen LogP contribution < -0.4 is 4.74 Å². The molecule has 0 fully saturated rings. The molecule has 0 amide bonds. The SMILES string of the molecule is O=C(O/N=C/c1c(OCc2ccccc2)ccc2ccccc12)c1ccccc1. The van der Waals surface area contributed by atoms with E-state index in [0.717, 1.165) is 21.9 Å². The first-order chi connectivity index (χ1) is 14.3. The highest BCUT2D eigenvalue weighted by Gasteiger charge is 2.09. The predicted octanol–water partition coefficient (Wildman–Crippen LogP) is 5.61. The van der Waals surface area contributed by atoms with Gasteiger partial charge in [0.05, 0.1) is 11.8 Å². The molecule has 4 aromatic rings. The van der Waals surface area contributed by atoms with Crippen LogP contribution in [0, 0.1) is 0 Å². The van der Waals surface area contributed by atoms with Gasteiger partial charge < -0.3 is 9.57 Å². The van der Waals surface area contributed by atoms with Crippen LogP contribution in [0.15, 0.2) is 102 Å². The van der Waals surface area contributed by atoms with Crippen LogP contribution in [0.1, 0.15) is 21.5 Å².